The molecule has 0 bridgehead atoms. The first-order valence-corrected chi connectivity index (χ1v) is 6.06. The number of carbonyl (C=O) groups excluding carboxylic acids is 1. The van der Waals surface area contributed by atoms with Crippen LogP contribution in [0, 0.1) is 18.6 Å². The summed E-state index contributed by atoms with van der Waals surface area (Å²) in [5.41, 5.74) is 6.60. The molecular formula is C15H14F2N2O. The third-order valence-electron chi connectivity index (χ3n) is 3.04. The third kappa shape index (κ3) is 2.93. The molecule has 2 rings (SSSR count). The summed E-state index contributed by atoms with van der Waals surface area (Å²) in [4.78, 5) is 11.9. The van der Waals surface area contributed by atoms with Gasteiger partial charge < -0.3 is 11.1 Å². The predicted molar refractivity (Wildman–Crippen MR) is 73.1 cm³/mol. The zero-order valence-corrected chi connectivity index (χ0v) is 10.9. The average molecular weight is 276 g/mol. The van der Waals surface area contributed by atoms with E-state index in [1.807, 2.05) is 0 Å². The number of halogens is 2. The molecule has 3 nitrogen and oxygen atoms in total. The van der Waals surface area contributed by atoms with Crippen LogP contribution in [-0.2, 0) is 6.54 Å². The van der Waals surface area contributed by atoms with Crippen LogP contribution < -0.4 is 11.1 Å². The molecule has 0 unspecified atom stereocenters. The van der Waals surface area contributed by atoms with Gasteiger partial charge in [0, 0.05) is 28.9 Å². The highest BCUT2D eigenvalue weighted by Gasteiger charge is 2.11. The lowest BCUT2D eigenvalue weighted by molar-refractivity contribution is 0.0950. The number of nitrogens with two attached hydrogens (primary N) is 1. The molecule has 3 N–H and O–H groups in total. The van der Waals surface area contributed by atoms with E-state index in [0.29, 0.717) is 11.1 Å². The molecule has 0 aromatic heterocycles. The number of rotatable bonds is 3. The molecule has 0 aliphatic rings. The van der Waals surface area contributed by atoms with E-state index in [4.69, 9.17) is 5.73 Å². The summed E-state index contributed by atoms with van der Waals surface area (Å²) in [6.45, 7) is 1.56. The number of hydrogen-bond donors (Lipinski definition) is 2. The average Bonchev–Trinajstić information content (AvgIpc) is 2.43. The Kier molecular flexibility index (Phi) is 3.98. The van der Waals surface area contributed by atoms with Crippen LogP contribution in [0.25, 0.3) is 0 Å². The monoisotopic (exact) mass is 276 g/mol. The van der Waals surface area contributed by atoms with E-state index in [1.54, 1.807) is 18.2 Å². The van der Waals surface area contributed by atoms with Gasteiger partial charge in [-0.1, -0.05) is 18.2 Å². The molecule has 0 saturated heterocycles. The highest BCUT2D eigenvalue weighted by atomic mass is 19.1. The van der Waals surface area contributed by atoms with Crippen LogP contribution >= 0.6 is 0 Å². The molecule has 0 atom stereocenters. The fourth-order valence-electron chi connectivity index (χ4n) is 1.75. The van der Waals surface area contributed by atoms with E-state index in [0.717, 1.165) is 6.07 Å². The maximum absolute atomic E-state index is 13.5. The van der Waals surface area contributed by atoms with Gasteiger partial charge in [0.05, 0.1) is 0 Å². The van der Waals surface area contributed by atoms with Crippen LogP contribution in [0.5, 0.6) is 0 Å². The summed E-state index contributed by atoms with van der Waals surface area (Å²) in [6, 6.07) is 8.63. The van der Waals surface area contributed by atoms with Crippen LogP contribution in [0.15, 0.2) is 36.4 Å². The molecule has 0 spiro atoms. The highest BCUT2D eigenvalue weighted by Crippen LogP contribution is 2.17. The van der Waals surface area contributed by atoms with Crippen molar-refractivity contribution in [2.75, 3.05) is 5.73 Å². The minimum absolute atomic E-state index is 0.0287. The van der Waals surface area contributed by atoms with Crippen LogP contribution in [-0.4, -0.2) is 5.91 Å². The Bertz CT molecular complexity index is 633. The molecular weight excluding hydrogens is 262 g/mol. The second-order valence-electron chi connectivity index (χ2n) is 4.45. The standard InChI is InChI=1S/C15H14F2N2O/c1-9-13(17)6-11(7-14(9)18)15(20)19-8-10-4-2-3-5-12(10)16/h2-7H,8,18H2,1H3,(H,19,20). The zero-order chi connectivity index (χ0) is 14.7. The van der Waals surface area contributed by atoms with Crippen molar-refractivity contribution in [3.05, 3.63) is 64.7 Å². The number of anilines is 1. The van der Waals surface area contributed by atoms with Gasteiger partial charge in [-0.3, -0.25) is 4.79 Å². The van der Waals surface area contributed by atoms with Gasteiger partial charge in [0.25, 0.3) is 5.91 Å². The van der Waals surface area contributed by atoms with Crippen LogP contribution in [0.1, 0.15) is 21.5 Å². The van der Waals surface area contributed by atoms with E-state index in [2.05, 4.69) is 5.32 Å². The lowest BCUT2D eigenvalue weighted by Crippen LogP contribution is -2.23. The van der Waals surface area contributed by atoms with Gasteiger partial charge in [0.2, 0.25) is 0 Å². The number of amides is 1. The van der Waals surface area contributed by atoms with E-state index >= 15 is 0 Å². The third-order valence-corrected chi connectivity index (χ3v) is 3.04. The Morgan fingerprint density at radius 2 is 1.90 bits per heavy atom. The largest absolute Gasteiger partial charge is 0.398 e. The Morgan fingerprint density at radius 1 is 1.20 bits per heavy atom. The van der Waals surface area contributed by atoms with Crippen LogP contribution in [0.4, 0.5) is 14.5 Å². The normalized spacial score (nSPS) is 10.3. The molecule has 0 aliphatic carbocycles. The topological polar surface area (TPSA) is 55.1 Å². The van der Waals surface area contributed by atoms with Crippen molar-refractivity contribution in [3.8, 4) is 0 Å². The summed E-state index contributed by atoms with van der Waals surface area (Å²) < 4.78 is 26.9. The van der Waals surface area contributed by atoms with Gasteiger partial charge in [0.1, 0.15) is 11.6 Å². The number of benzene rings is 2. The second kappa shape index (κ2) is 5.69. The van der Waals surface area contributed by atoms with Crippen molar-refractivity contribution in [2.45, 2.75) is 13.5 Å². The Hall–Kier alpha value is -2.43. The molecule has 0 heterocycles. The van der Waals surface area contributed by atoms with Gasteiger partial charge in [-0.2, -0.15) is 0 Å². The lowest BCUT2D eigenvalue weighted by atomic mass is 10.1. The SMILES string of the molecule is Cc1c(N)cc(C(=O)NCc2ccccc2F)cc1F. The van der Waals surface area contributed by atoms with Crippen molar-refractivity contribution in [1.29, 1.82) is 0 Å². The van der Waals surface area contributed by atoms with Crippen molar-refractivity contribution in [3.63, 3.8) is 0 Å². The second-order valence-corrected chi connectivity index (χ2v) is 4.45. The Morgan fingerprint density at radius 3 is 2.55 bits per heavy atom. The summed E-state index contributed by atoms with van der Waals surface area (Å²) in [5, 5.41) is 2.53. The first-order valence-electron chi connectivity index (χ1n) is 6.06. The Labute approximate surface area is 115 Å². The number of hydrogen-bond acceptors (Lipinski definition) is 2. The zero-order valence-electron chi connectivity index (χ0n) is 10.9. The summed E-state index contributed by atoms with van der Waals surface area (Å²) in [5.74, 6) is -1.44. The summed E-state index contributed by atoms with van der Waals surface area (Å²) in [6.07, 6.45) is 0. The Balaban J connectivity index is 2.11. The molecule has 104 valence electrons. The minimum Gasteiger partial charge on any atom is -0.398 e. The maximum atomic E-state index is 13.5. The lowest BCUT2D eigenvalue weighted by Gasteiger charge is -2.08. The number of carbonyl (C=O) groups is 1. The highest BCUT2D eigenvalue weighted by molar-refractivity contribution is 5.95. The predicted octanol–water partition coefficient (Wildman–Crippen LogP) is 2.79. The van der Waals surface area contributed by atoms with Crippen molar-refractivity contribution in [1.82, 2.24) is 5.32 Å². The summed E-state index contributed by atoms with van der Waals surface area (Å²) in [7, 11) is 0. The van der Waals surface area contributed by atoms with Gasteiger partial charge in [-0.05, 0) is 25.1 Å². The maximum Gasteiger partial charge on any atom is 0.251 e. The summed E-state index contributed by atoms with van der Waals surface area (Å²) >= 11 is 0. The van der Waals surface area contributed by atoms with E-state index in [1.165, 1.54) is 19.1 Å². The molecule has 0 radical (unpaired) electrons. The van der Waals surface area contributed by atoms with Gasteiger partial charge in [0.15, 0.2) is 0 Å². The molecule has 2 aromatic rings. The first-order chi connectivity index (χ1) is 9.49. The smallest absolute Gasteiger partial charge is 0.251 e. The molecule has 1 amide bonds. The van der Waals surface area contributed by atoms with Gasteiger partial charge >= 0.3 is 0 Å². The van der Waals surface area contributed by atoms with E-state index < -0.39 is 17.5 Å². The molecule has 2 aromatic carbocycles. The van der Waals surface area contributed by atoms with Crippen molar-refractivity contribution >= 4 is 11.6 Å². The van der Waals surface area contributed by atoms with E-state index in [-0.39, 0.29) is 17.8 Å². The van der Waals surface area contributed by atoms with Crippen molar-refractivity contribution in [2.24, 2.45) is 0 Å². The minimum atomic E-state index is -0.541. The number of nitrogen functional groups attached to an aromatic ring is 1. The first kappa shape index (κ1) is 14.0. The molecule has 0 fully saturated rings. The fraction of sp³-hybridized carbons (Fsp3) is 0.133. The fourth-order valence-corrected chi connectivity index (χ4v) is 1.75. The van der Waals surface area contributed by atoms with Crippen LogP contribution in [0.2, 0.25) is 0 Å². The molecule has 20 heavy (non-hydrogen) atoms. The molecule has 5 heteroatoms. The van der Waals surface area contributed by atoms with Gasteiger partial charge in [-0.15, -0.1) is 0 Å². The van der Waals surface area contributed by atoms with Crippen LogP contribution in [0.3, 0.4) is 0 Å². The van der Waals surface area contributed by atoms with Gasteiger partial charge in [-0.25, -0.2) is 8.78 Å². The number of nitrogens with one attached hydrogen (secondary N) is 1. The quantitative estimate of drug-likeness (QED) is 0.847. The van der Waals surface area contributed by atoms with E-state index in [9.17, 15) is 13.6 Å². The molecule has 0 saturated carbocycles. The van der Waals surface area contributed by atoms with Crippen molar-refractivity contribution < 1.29 is 13.6 Å². The molecule has 0 aliphatic heterocycles.